The van der Waals surface area contributed by atoms with Crippen molar-refractivity contribution in [3.05, 3.63) is 31.9 Å². The van der Waals surface area contributed by atoms with Gasteiger partial charge >= 0.3 is 5.97 Å². The second kappa shape index (κ2) is 6.22. The molecule has 0 saturated heterocycles. The van der Waals surface area contributed by atoms with Gasteiger partial charge in [-0.15, -0.1) is 22.7 Å². The molecule has 6 nitrogen and oxygen atoms in total. The van der Waals surface area contributed by atoms with E-state index in [-0.39, 0.29) is 12.2 Å². The van der Waals surface area contributed by atoms with Crippen molar-refractivity contribution in [2.24, 2.45) is 0 Å². The summed E-state index contributed by atoms with van der Waals surface area (Å²) < 4.78 is 26.8. The first kappa shape index (κ1) is 16.1. The molecule has 0 spiro atoms. The summed E-state index contributed by atoms with van der Waals surface area (Å²) in [6.07, 6.45) is 0.360. The Hall–Kier alpha value is -1.29. The Bertz CT molecular complexity index is 761. The Morgan fingerprint density at radius 3 is 2.67 bits per heavy atom. The summed E-state index contributed by atoms with van der Waals surface area (Å²) in [5.41, 5.74) is -0.0119. The maximum absolute atomic E-state index is 12.2. The van der Waals surface area contributed by atoms with Gasteiger partial charge in [0.05, 0.1) is 9.90 Å². The van der Waals surface area contributed by atoms with Crippen LogP contribution in [0.25, 0.3) is 0 Å². The predicted octanol–water partition coefficient (Wildman–Crippen LogP) is 2.04. The molecule has 0 aliphatic heterocycles. The quantitative estimate of drug-likeness (QED) is 0.834. The Labute approximate surface area is 130 Å². The Morgan fingerprint density at radius 1 is 1.43 bits per heavy atom. The summed E-state index contributed by atoms with van der Waals surface area (Å²) in [5, 5.41) is 10.8. The van der Waals surface area contributed by atoms with Crippen molar-refractivity contribution in [3.63, 3.8) is 0 Å². The van der Waals surface area contributed by atoms with Crippen LogP contribution in [-0.2, 0) is 16.4 Å². The molecule has 2 heterocycles. The van der Waals surface area contributed by atoms with E-state index in [2.05, 4.69) is 9.71 Å². The topological polar surface area (TPSA) is 96.4 Å². The van der Waals surface area contributed by atoms with Crippen LogP contribution in [0.15, 0.2) is 16.3 Å². The third-order valence-electron chi connectivity index (χ3n) is 2.69. The highest BCUT2D eigenvalue weighted by atomic mass is 32.2. The van der Waals surface area contributed by atoms with E-state index in [0.717, 1.165) is 9.75 Å². The van der Waals surface area contributed by atoms with Crippen LogP contribution in [0.1, 0.15) is 25.3 Å². The van der Waals surface area contributed by atoms with Gasteiger partial charge in [0.1, 0.15) is 0 Å². The van der Waals surface area contributed by atoms with E-state index in [9.17, 15) is 13.2 Å². The molecular formula is C12H14N2O4S3. The average molecular weight is 346 g/mol. The van der Waals surface area contributed by atoms with Crippen LogP contribution < -0.4 is 4.72 Å². The third kappa shape index (κ3) is 3.88. The number of carboxylic acid groups (broad SMARTS) is 1. The van der Waals surface area contributed by atoms with E-state index in [1.807, 2.05) is 6.92 Å². The van der Waals surface area contributed by atoms with Crippen LogP contribution in [-0.4, -0.2) is 31.0 Å². The van der Waals surface area contributed by atoms with Crippen molar-refractivity contribution in [3.8, 4) is 0 Å². The molecule has 0 amide bonds. The summed E-state index contributed by atoms with van der Waals surface area (Å²) >= 11 is 2.64. The number of aromatic carboxylic acids is 1. The van der Waals surface area contributed by atoms with E-state index < -0.39 is 16.0 Å². The number of aromatic nitrogens is 1. The van der Waals surface area contributed by atoms with Gasteiger partial charge in [0, 0.05) is 28.1 Å². The summed E-state index contributed by atoms with van der Waals surface area (Å²) in [7, 11) is -3.53. The maximum Gasteiger partial charge on any atom is 0.355 e. The first-order chi connectivity index (χ1) is 9.79. The second-order valence-electron chi connectivity index (χ2n) is 4.36. The maximum atomic E-state index is 12.2. The standard InChI is InChI=1S/C12H14N2O4S3/c1-7-5-10(8(2)20-7)21(17,18)13-4-3-11-14-9(6-19-11)12(15)16/h5-6,13H,3-4H2,1-2H3,(H,15,16). The first-order valence-electron chi connectivity index (χ1n) is 6.04. The SMILES string of the molecule is Cc1cc(S(=O)(=O)NCCc2nc(C(=O)O)cs2)c(C)s1. The van der Waals surface area contributed by atoms with Gasteiger partial charge in [-0.25, -0.2) is 22.9 Å². The van der Waals surface area contributed by atoms with Crippen LogP contribution in [0.2, 0.25) is 0 Å². The number of hydrogen-bond donors (Lipinski definition) is 2. The van der Waals surface area contributed by atoms with Gasteiger partial charge in [-0.1, -0.05) is 0 Å². The lowest BCUT2D eigenvalue weighted by molar-refractivity contribution is 0.0691. The summed E-state index contributed by atoms with van der Waals surface area (Å²) in [6, 6.07) is 1.65. The van der Waals surface area contributed by atoms with E-state index in [1.165, 1.54) is 28.1 Å². The lowest BCUT2D eigenvalue weighted by Crippen LogP contribution is -2.26. The van der Waals surface area contributed by atoms with E-state index in [1.54, 1.807) is 13.0 Å². The molecule has 0 aliphatic rings. The Balaban J connectivity index is 1.99. The lowest BCUT2D eigenvalue weighted by atomic mass is 10.4. The van der Waals surface area contributed by atoms with E-state index in [4.69, 9.17) is 5.11 Å². The van der Waals surface area contributed by atoms with Crippen molar-refractivity contribution in [2.75, 3.05) is 6.54 Å². The fourth-order valence-corrected chi connectivity index (χ4v) is 5.13. The highest BCUT2D eigenvalue weighted by Gasteiger charge is 2.18. The number of sulfonamides is 1. The fraction of sp³-hybridized carbons (Fsp3) is 0.333. The number of aryl methyl sites for hydroxylation is 2. The molecule has 2 aromatic rings. The monoisotopic (exact) mass is 346 g/mol. The van der Waals surface area contributed by atoms with Gasteiger partial charge in [-0.2, -0.15) is 0 Å². The van der Waals surface area contributed by atoms with Crippen LogP contribution in [0.5, 0.6) is 0 Å². The zero-order valence-corrected chi connectivity index (χ0v) is 13.9. The zero-order valence-electron chi connectivity index (χ0n) is 11.4. The number of carbonyl (C=O) groups is 1. The molecule has 2 aromatic heterocycles. The van der Waals surface area contributed by atoms with Gasteiger partial charge in [0.25, 0.3) is 0 Å². The third-order valence-corrected chi connectivity index (χ3v) is 6.28. The minimum atomic E-state index is -3.53. The largest absolute Gasteiger partial charge is 0.476 e. The zero-order chi connectivity index (χ0) is 15.6. The van der Waals surface area contributed by atoms with E-state index >= 15 is 0 Å². The molecule has 0 atom stereocenters. The van der Waals surface area contributed by atoms with Crippen LogP contribution in [0, 0.1) is 13.8 Å². The smallest absolute Gasteiger partial charge is 0.355 e. The van der Waals surface area contributed by atoms with E-state index in [0.29, 0.717) is 16.3 Å². The fourth-order valence-electron chi connectivity index (χ4n) is 1.77. The Kier molecular flexibility index (Phi) is 4.77. The minimum absolute atomic E-state index is 0.0119. The van der Waals surface area contributed by atoms with Gasteiger partial charge in [0.2, 0.25) is 10.0 Å². The van der Waals surface area contributed by atoms with Gasteiger partial charge in [-0.05, 0) is 19.9 Å². The number of hydrogen-bond acceptors (Lipinski definition) is 6. The molecule has 0 aliphatic carbocycles. The summed E-state index contributed by atoms with van der Waals surface area (Å²) in [4.78, 5) is 16.6. The molecule has 0 saturated carbocycles. The predicted molar refractivity (Wildman–Crippen MR) is 81.8 cm³/mol. The van der Waals surface area contributed by atoms with Crippen molar-refractivity contribution < 1.29 is 18.3 Å². The van der Waals surface area contributed by atoms with Crippen molar-refractivity contribution in [2.45, 2.75) is 25.2 Å². The highest BCUT2D eigenvalue weighted by Crippen LogP contribution is 2.24. The van der Waals surface area contributed by atoms with Crippen molar-refractivity contribution in [1.29, 1.82) is 0 Å². The number of nitrogens with zero attached hydrogens (tertiary/aromatic N) is 1. The van der Waals surface area contributed by atoms with Crippen molar-refractivity contribution >= 4 is 38.7 Å². The minimum Gasteiger partial charge on any atom is -0.476 e. The Morgan fingerprint density at radius 2 is 2.14 bits per heavy atom. The number of carboxylic acids is 1. The molecule has 0 aromatic carbocycles. The molecule has 0 fully saturated rings. The number of thiophene rings is 1. The van der Waals surface area contributed by atoms with Crippen LogP contribution >= 0.6 is 22.7 Å². The first-order valence-corrected chi connectivity index (χ1v) is 9.22. The molecule has 9 heteroatoms. The summed E-state index contributed by atoms with van der Waals surface area (Å²) in [6.45, 7) is 3.81. The van der Waals surface area contributed by atoms with Gasteiger partial charge in [-0.3, -0.25) is 0 Å². The second-order valence-corrected chi connectivity index (χ2v) is 8.50. The van der Waals surface area contributed by atoms with Gasteiger partial charge in [0.15, 0.2) is 5.69 Å². The summed E-state index contributed by atoms with van der Waals surface area (Å²) in [5.74, 6) is -1.08. The molecule has 2 rings (SSSR count). The normalized spacial score (nSPS) is 11.7. The van der Waals surface area contributed by atoms with Crippen LogP contribution in [0.4, 0.5) is 0 Å². The molecule has 0 radical (unpaired) electrons. The molecule has 0 unspecified atom stereocenters. The number of thiazole rings is 1. The number of nitrogens with one attached hydrogen (secondary N) is 1. The number of rotatable bonds is 6. The highest BCUT2D eigenvalue weighted by molar-refractivity contribution is 7.89. The molecule has 114 valence electrons. The van der Waals surface area contributed by atoms with Crippen LogP contribution in [0.3, 0.4) is 0 Å². The lowest BCUT2D eigenvalue weighted by Gasteiger charge is -2.04. The molecule has 21 heavy (non-hydrogen) atoms. The molecule has 2 N–H and O–H groups in total. The molecular weight excluding hydrogens is 332 g/mol. The van der Waals surface area contributed by atoms with Gasteiger partial charge < -0.3 is 5.11 Å². The molecule has 0 bridgehead atoms. The average Bonchev–Trinajstić information content (AvgIpc) is 2.96. The van der Waals surface area contributed by atoms with Crippen molar-refractivity contribution in [1.82, 2.24) is 9.71 Å².